The summed E-state index contributed by atoms with van der Waals surface area (Å²) in [6.45, 7) is 0.266. The molecular formula is C11H18N2O11P2. The second kappa shape index (κ2) is 7.85. The smallest absolute Gasteiger partial charge is 0.376 e. The molecular weight excluding hydrogens is 398 g/mol. The molecule has 1 unspecified atom stereocenters. The molecule has 0 aliphatic carbocycles. The summed E-state index contributed by atoms with van der Waals surface area (Å²) in [5.41, 5.74) is -1.55. The third-order valence-corrected chi connectivity index (χ3v) is 4.53. The van der Waals surface area contributed by atoms with Crippen LogP contribution in [0.2, 0.25) is 0 Å². The lowest BCUT2D eigenvalue weighted by Gasteiger charge is -2.24. The van der Waals surface area contributed by atoms with Crippen LogP contribution in [-0.2, 0) is 27.7 Å². The van der Waals surface area contributed by atoms with Gasteiger partial charge < -0.3 is 24.2 Å². The fourth-order valence-electron chi connectivity index (χ4n) is 2.49. The van der Waals surface area contributed by atoms with Gasteiger partial charge in [-0.3, -0.25) is 28.0 Å². The molecule has 0 saturated carbocycles. The van der Waals surface area contributed by atoms with Gasteiger partial charge in [-0.15, -0.1) is 0 Å². The first kappa shape index (κ1) is 21.2. The van der Waals surface area contributed by atoms with Gasteiger partial charge in [0.05, 0.1) is 6.61 Å². The predicted octanol–water partition coefficient (Wildman–Crippen LogP) is -1.24. The van der Waals surface area contributed by atoms with Gasteiger partial charge in [-0.1, -0.05) is 0 Å². The Labute approximate surface area is 146 Å². The van der Waals surface area contributed by atoms with Crippen molar-refractivity contribution in [3.8, 4) is 0 Å². The van der Waals surface area contributed by atoms with Gasteiger partial charge in [-0.05, 0) is 0 Å². The number of methoxy groups -OCH3 is 1. The summed E-state index contributed by atoms with van der Waals surface area (Å²) < 4.78 is 43.6. The molecule has 2 heterocycles. The molecule has 2 rings (SSSR count). The molecule has 1 aliphatic rings. The van der Waals surface area contributed by atoms with E-state index in [-0.39, 0.29) is 0 Å². The molecule has 1 fully saturated rings. The minimum atomic E-state index is -4.82. The molecule has 15 heteroatoms. The largest absolute Gasteiger partial charge is 0.469 e. The van der Waals surface area contributed by atoms with Crippen molar-refractivity contribution in [1.82, 2.24) is 9.55 Å². The van der Waals surface area contributed by atoms with E-state index in [2.05, 4.69) is 4.52 Å². The molecule has 0 aromatic carbocycles. The highest BCUT2D eigenvalue weighted by Gasteiger charge is 2.49. The van der Waals surface area contributed by atoms with Crippen LogP contribution in [0, 0.1) is 0 Å². The van der Waals surface area contributed by atoms with Gasteiger partial charge in [0.2, 0.25) is 0 Å². The quantitative estimate of drug-likeness (QED) is 0.389. The first-order valence-corrected chi connectivity index (χ1v) is 10.7. The van der Waals surface area contributed by atoms with Crippen LogP contribution >= 0.6 is 15.4 Å². The molecule has 0 radical (unpaired) electrons. The summed E-state index contributed by atoms with van der Waals surface area (Å²) in [6, 6.07) is 1.02. The second-order valence-electron chi connectivity index (χ2n) is 5.44. The zero-order valence-electron chi connectivity index (χ0n) is 13.6. The Morgan fingerprint density at radius 2 is 1.92 bits per heavy atom. The number of H-pyrrole nitrogens is 1. The van der Waals surface area contributed by atoms with Crippen LogP contribution in [0.25, 0.3) is 0 Å². The highest BCUT2D eigenvalue weighted by atomic mass is 31.2. The Morgan fingerprint density at radius 3 is 2.42 bits per heavy atom. The maximum absolute atomic E-state index is 12.0. The van der Waals surface area contributed by atoms with Crippen molar-refractivity contribution in [3.05, 3.63) is 33.1 Å². The Bertz CT molecular complexity index is 839. The standard InChI is InChI=1S/C11H18N2O11P2/c1-21-8-6(5-22-26(18,19)20)23-10(9(8)24-25(2,16)17)13-4-3-7(14)12-11(13)15/h3-4,6,8-10H,5H2,1-2H3,(H,16,17)(H,12,14,15)(H2,18,19,20)/t6-,8-,9-,10-/m1/s1. The van der Waals surface area contributed by atoms with Crippen LogP contribution in [-0.4, -0.2) is 62.9 Å². The Balaban J connectivity index is 2.39. The summed E-state index contributed by atoms with van der Waals surface area (Å²) in [5.74, 6) is 0. The number of hydrogen-bond donors (Lipinski definition) is 4. The predicted molar refractivity (Wildman–Crippen MR) is 84.6 cm³/mol. The average molecular weight is 416 g/mol. The van der Waals surface area contributed by atoms with E-state index in [1.807, 2.05) is 4.98 Å². The van der Waals surface area contributed by atoms with E-state index in [0.29, 0.717) is 0 Å². The van der Waals surface area contributed by atoms with Gasteiger partial charge in [-0.2, -0.15) is 0 Å². The number of ether oxygens (including phenoxy) is 2. The van der Waals surface area contributed by atoms with Crippen molar-refractivity contribution < 1.29 is 42.3 Å². The molecule has 0 amide bonds. The Kier molecular flexibility index (Phi) is 6.39. The summed E-state index contributed by atoms with van der Waals surface area (Å²) in [4.78, 5) is 52.4. The zero-order valence-corrected chi connectivity index (χ0v) is 15.4. The average Bonchev–Trinajstić information content (AvgIpc) is 2.80. The number of hydrogen-bond acceptors (Lipinski definition) is 8. The number of phosphoric acid groups is 1. The number of rotatable bonds is 7. The van der Waals surface area contributed by atoms with Crippen LogP contribution < -0.4 is 11.2 Å². The molecule has 1 aromatic rings. The van der Waals surface area contributed by atoms with E-state index in [1.54, 1.807) is 0 Å². The third-order valence-electron chi connectivity index (χ3n) is 3.41. The number of phosphoric ester groups is 1. The first-order valence-electron chi connectivity index (χ1n) is 7.10. The lowest BCUT2D eigenvalue weighted by Crippen LogP contribution is -2.39. The molecule has 1 aromatic heterocycles. The lowest BCUT2D eigenvalue weighted by atomic mass is 10.1. The van der Waals surface area contributed by atoms with Crippen LogP contribution in [0.15, 0.2) is 21.9 Å². The lowest BCUT2D eigenvalue weighted by molar-refractivity contribution is -0.0550. The van der Waals surface area contributed by atoms with Crippen molar-refractivity contribution in [1.29, 1.82) is 0 Å². The van der Waals surface area contributed by atoms with Crippen molar-refractivity contribution in [2.24, 2.45) is 0 Å². The van der Waals surface area contributed by atoms with E-state index in [4.69, 9.17) is 23.8 Å². The van der Waals surface area contributed by atoms with Crippen LogP contribution in [0.3, 0.4) is 0 Å². The van der Waals surface area contributed by atoms with Gasteiger partial charge in [-0.25, -0.2) is 9.36 Å². The van der Waals surface area contributed by atoms with Crippen molar-refractivity contribution >= 4 is 15.4 Å². The van der Waals surface area contributed by atoms with Gasteiger partial charge in [0.25, 0.3) is 5.56 Å². The normalized spacial score (nSPS) is 28.8. The molecule has 148 valence electrons. The molecule has 1 saturated heterocycles. The summed E-state index contributed by atoms with van der Waals surface area (Å²) in [7, 11) is -7.67. The SMILES string of the molecule is CO[C@H]1[C@@H](OP(C)(=O)O)[C@H](n2ccc(=O)[nH]c2=O)O[C@@H]1COP(=O)(O)O. The number of aromatic nitrogens is 2. The number of aromatic amines is 1. The molecule has 13 nitrogen and oxygen atoms in total. The van der Waals surface area contributed by atoms with Gasteiger partial charge in [0, 0.05) is 26.0 Å². The van der Waals surface area contributed by atoms with E-state index in [9.17, 15) is 23.6 Å². The fourth-order valence-corrected chi connectivity index (χ4v) is 3.50. The fraction of sp³-hybridized carbons (Fsp3) is 0.636. The van der Waals surface area contributed by atoms with E-state index in [0.717, 1.165) is 23.5 Å². The van der Waals surface area contributed by atoms with Gasteiger partial charge in [0.1, 0.15) is 18.3 Å². The third kappa shape index (κ3) is 5.43. The summed E-state index contributed by atoms with van der Waals surface area (Å²) >= 11 is 0. The highest BCUT2D eigenvalue weighted by molar-refractivity contribution is 7.51. The van der Waals surface area contributed by atoms with Gasteiger partial charge in [0.15, 0.2) is 6.23 Å². The van der Waals surface area contributed by atoms with E-state index >= 15 is 0 Å². The Hall–Kier alpha value is -1.14. The highest BCUT2D eigenvalue weighted by Crippen LogP contribution is 2.46. The molecule has 0 spiro atoms. The van der Waals surface area contributed by atoms with Gasteiger partial charge >= 0.3 is 21.1 Å². The maximum atomic E-state index is 12.0. The van der Waals surface area contributed by atoms with Crippen molar-refractivity contribution in [2.45, 2.75) is 24.5 Å². The molecule has 0 bridgehead atoms. The second-order valence-corrected chi connectivity index (χ2v) is 8.50. The van der Waals surface area contributed by atoms with Crippen molar-refractivity contribution in [2.75, 3.05) is 20.4 Å². The first-order chi connectivity index (χ1) is 11.9. The summed E-state index contributed by atoms with van der Waals surface area (Å²) in [6.07, 6.45) is -3.80. The van der Waals surface area contributed by atoms with Crippen LogP contribution in [0.4, 0.5) is 0 Å². The maximum Gasteiger partial charge on any atom is 0.469 e. The Morgan fingerprint density at radius 1 is 1.27 bits per heavy atom. The van der Waals surface area contributed by atoms with Crippen molar-refractivity contribution in [3.63, 3.8) is 0 Å². The molecule has 5 atom stereocenters. The molecule has 4 N–H and O–H groups in total. The molecule has 1 aliphatic heterocycles. The molecule has 26 heavy (non-hydrogen) atoms. The number of nitrogens with zero attached hydrogens (tertiary/aromatic N) is 1. The minimum absolute atomic E-state index is 0.642. The summed E-state index contributed by atoms with van der Waals surface area (Å²) in [5, 5.41) is 0. The van der Waals surface area contributed by atoms with E-state index < -0.39 is 57.8 Å². The number of nitrogens with one attached hydrogen (secondary N) is 1. The monoisotopic (exact) mass is 416 g/mol. The zero-order chi connectivity index (χ0) is 19.7. The van der Waals surface area contributed by atoms with Crippen LogP contribution in [0.5, 0.6) is 0 Å². The van der Waals surface area contributed by atoms with Crippen LogP contribution in [0.1, 0.15) is 6.23 Å². The van der Waals surface area contributed by atoms with E-state index in [1.165, 1.54) is 7.11 Å². The minimum Gasteiger partial charge on any atom is -0.376 e. The topological polar surface area (TPSA) is 187 Å².